The maximum absolute atomic E-state index is 13.2. The summed E-state index contributed by atoms with van der Waals surface area (Å²) in [5.74, 6) is -0.660. The minimum atomic E-state index is -3.37. The molecule has 0 unspecified atom stereocenters. The lowest BCUT2D eigenvalue weighted by molar-refractivity contribution is 0.0950. The molecule has 0 aliphatic carbocycles. The van der Waals surface area contributed by atoms with E-state index in [-0.39, 0.29) is 23.2 Å². The Labute approximate surface area is 135 Å². The van der Waals surface area contributed by atoms with Gasteiger partial charge in [-0.05, 0) is 48.7 Å². The van der Waals surface area contributed by atoms with E-state index in [2.05, 4.69) is 5.32 Å². The van der Waals surface area contributed by atoms with Crippen LogP contribution < -0.4 is 5.32 Å². The van der Waals surface area contributed by atoms with Crippen molar-refractivity contribution in [3.63, 3.8) is 0 Å². The lowest BCUT2D eigenvalue weighted by Gasteiger charge is -2.10. The Morgan fingerprint density at radius 3 is 2.39 bits per heavy atom. The normalized spacial score (nSPS) is 11.3. The highest BCUT2D eigenvalue weighted by atomic mass is 32.2. The molecule has 0 radical (unpaired) electrons. The summed E-state index contributed by atoms with van der Waals surface area (Å²) in [6.07, 6.45) is 1.10. The molecule has 0 atom stereocenters. The van der Waals surface area contributed by atoms with Gasteiger partial charge in [-0.15, -0.1) is 0 Å². The fourth-order valence-electron chi connectivity index (χ4n) is 2.17. The zero-order valence-corrected chi connectivity index (χ0v) is 14.0. The topological polar surface area (TPSA) is 63.2 Å². The van der Waals surface area contributed by atoms with Crippen LogP contribution in [0, 0.1) is 19.7 Å². The van der Waals surface area contributed by atoms with Crippen LogP contribution in [0.4, 0.5) is 4.39 Å². The molecule has 0 aromatic heterocycles. The molecular weight excluding hydrogens is 317 g/mol. The number of carbonyl (C=O) groups is 1. The van der Waals surface area contributed by atoms with Crippen LogP contribution in [-0.2, 0) is 16.4 Å². The number of sulfone groups is 1. The molecule has 2 aromatic carbocycles. The van der Waals surface area contributed by atoms with Gasteiger partial charge in [0.05, 0.1) is 4.90 Å². The average molecular weight is 335 g/mol. The van der Waals surface area contributed by atoms with Crippen molar-refractivity contribution < 1.29 is 17.6 Å². The van der Waals surface area contributed by atoms with E-state index in [0.717, 1.165) is 11.8 Å². The number of hydrogen-bond donors (Lipinski definition) is 1. The quantitative estimate of drug-likeness (QED) is 0.934. The van der Waals surface area contributed by atoms with Crippen molar-refractivity contribution in [2.24, 2.45) is 0 Å². The van der Waals surface area contributed by atoms with Gasteiger partial charge in [0.2, 0.25) is 0 Å². The highest BCUT2D eigenvalue weighted by molar-refractivity contribution is 7.90. The Hall–Kier alpha value is -2.21. The Balaban J connectivity index is 2.19. The molecule has 2 aromatic rings. The van der Waals surface area contributed by atoms with E-state index in [9.17, 15) is 17.6 Å². The highest BCUT2D eigenvalue weighted by Gasteiger charge is 2.14. The van der Waals surface area contributed by atoms with E-state index in [1.165, 1.54) is 18.2 Å². The molecule has 0 bridgehead atoms. The summed E-state index contributed by atoms with van der Waals surface area (Å²) in [6.45, 7) is 3.63. The van der Waals surface area contributed by atoms with Crippen LogP contribution >= 0.6 is 0 Å². The molecule has 0 spiro atoms. The van der Waals surface area contributed by atoms with Crippen LogP contribution in [0.15, 0.2) is 41.3 Å². The van der Waals surface area contributed by atoms with Crippen molar-refractivity contribution in [3.8, 4) is 0 Å². The fourth-order valence-corrected chi connectivity index (χ4v) is 2.82. The van der Waals surface area contributed by atoms with Crippen molar-refractivity contribution in [2.45, 2.75) is 25.3 Å². The smallest absolute Gasteiger partial charge is 0.251 e. The number of amides is 1. The number of hydrogen-bond acceptors (Lipinski definition) is 3. The first-order valence-electron chi connectivity index (χ1n) is 7.02. The van der Waals surface area contributed by atoms with E-state index in [1.54, 1.807) is 32.0 Å². The van der Waals surface area contributed by atoms with Crippen molar-refractivity contribution in [2.75, 3.05) is 6.26 Å². The number of benzene rings is 2. The van der Waals surface area contributed by atoms with E-state index in [0.29, 0.717) is 16.7 Å². The van der Waals surface area contributed by atoms with Crippen LogP contribution in [0.25, 0.3) is 0 Å². The number of carbonyl (C=O) groups excluding carboxylic acids is 1. The molecule has 0 aliphatic rings. The van der Waals surface area contributed by atoms with E-state index in [4.69, 9.17) is 0 Å². The first kappa shape index (κ1) is 17.1. The predicted molar refractivity (Wildman–Crippen MR) is 86.6 cm³/mol. The van der Waals surface area contributed by atoms with Crippen molar-refractivity contribution >= 4 is 15.7 Å². The number of nitrogens with one attached hydrogen (secondary N) is 1. The third-order valence-corrected chi connectivity index (χ3v) is 4.67. The second-order valence-corrected chi connectivity index (χ2v) is 7.53. The van der Waals surface area contributed by atoms with Crippen LogP contribution in [0.2, 0.25) is 0 Å². The average Bonchev–Trinajstić information content (AvgIpc) is 2.47. The van der Waals surface area contributed by atoms with E-state index < -0.39 is 9.84 Å². The van der Waals surface area contributed by atoms with Gasteiger partial charge in [0.25, 0.3) is 5.91 Å². The van der Waals surface area contributed by atoms with Gasteiger partial charge in [-0.2, -0.15) is 0 Å². The lowest BCUT2D eigenvalue weighted by atomic mass is 10.1. The van der Waals surface area contributed by atoms with Crippen LogP contribution in [0.5, 0.6) is 0 Å². The van der Waals surface area contributed by atoms with Gasteiger partial charge in [-0.3, -0.25) is 4.79 Å². The Bertz CT molecular complexity index is 860. The molecule has 1 amide bonds. The Morgan fingerprint density at radius 1 is 1.09 bits per heavy atom. The second-order valence-electron chi connectivity index (χ2n) is 5.52. The maximum Gasteiger partial charge on any atom is 0.251 e. The molecule has 0 saturated heterocycles. The molecule has 6 heteroatoms. The predicted octanol–water partition coefficient (Wildman–Crippen LogP) is 2.78. The van der Waals surface area contributed by atoms with Crippen molar-refractivity contribution in [1.29, 1.82) is 0 Å². The molecule has 0 saturated carbocycles. The summed E-state index contributed by atoms with van der Waals surface area (Å²) < 4.78 is 36.4. The van der Waals surface area contributed by atoms with Crippen LogP contribution in [-0.4, -0.2) is 20.6 Å². The Morgan fingerprint density at radius 2 is 1.78 bits per heavy atom. The first-order chi connectivity index (χ1) is 10.7. The molecule has 23 heavy (non-hydrogen) atoms. The third-order valence-electron chi connectivity index (χ3n) is 3.56. The number of rotatable bonds is 4. The molecule has 0 heterocycles. The van der Waals surface area contributed by atoms with Gasteiger partial charge < -0.3 is 5.32 Å². The molecule has 4 nitrogen and oxygen atoms in total. The van der Waals surface area contributed by atoms with Gasteiger partial charge in [0.1, 0.15) is 5.82 Å². The summed E-state index contributed by atoms with van der Waals surface area (Å²) in [5, 5.41) is 2.73. The molecule has 0 fully saturated rings. The SMILES string of the molecule is Cc1cc(CNC(=O)c2cc(S(C)(=O)=O)ccc2C)ccc1F. The maximum atomic E-state index is 13.2. The van der Waals surface area contributed by atoms with Gasteiger partial charge in [0.15, 0.2) is 9.84 Å². The zero-order chi connectivity index (χ0) is 17.2. The molecule has 2 rings (SSSR count). The van der Waals surface area contributed by atoms with E-state index >= 15 is 0 Å². The number of aryl methyl sites for hydroxylation is 2. The van der Waals surface area contributed by atoms with Gasteiger partial charge in [0, 0.05) is 18.4 Å². The standard InChI is InChI=1S/C17H18FNO3S/c1-11-4-6-14(23(3,21)22)9-15(11)17(20)19-10-13-5-7-16(18)12(2)8-13/h4-9H,10H2,1-3H3,(H,19,20). The van der Waals surface area contributed by atoms with Gasteiger partial charge >= 0.3 is 0 Å². The molecule has 0 aliphatic heterocycles. The summed E-state index contributed by atoms with van der Waals surface area (Å²) in [4.78, 5) is 12.4. The van der Waals surface area contributed by atoms with E-state index in [1.807, 2.05) is 0 Å². The van der Waals surface area contributed by atoms with Crippen LogP contribution in [0.1, 0.15) is 27.0 Å². The van der Waals surface area contributed by atoms with Crippen LogP contribution in [0.3, 0.4) is 0 Å². The minimum Gasteiger partial charge on any atom is -0.348 e. The summed E-state index contributed by atoms with van der Waals surface area (Å²) in [5.41, 5.74) is 2.28. The highest BCUT2D eigenvalue weighted by Crippen LogP contribution is 2.16. The monoisotopic (exact) mass is 335 g/mol. The second kappa shape index (κ2) is 6.50. The molecule has 1 N–H and O–H groups in total. The first-order valence-corrected chi connectivity index (χ1v) is 8.91. The fraction of sp³-hybridized carbons (Fsp3) is 0.235. The van der Waals surface area contributed by atoms with Gasteiger partial charge in [-0.1, -0.05) is 18.2 Å². The summed E-state index contributed by atoms with van der Waals surface area (Å²) >= 11 is 0. The summed E-state index contributed by atoms with van der Waals surface area (Å²) in [6, 6.07) is 9.07. The van der Waals surface area contributed by atoms with Crippen molar-refractivity contribution in [1.82, 2.24) is 5.32 Å². The number of halogens is 1. The third kappa shape index (κ3) is 4.16. The zero-order valence-electron chi connectivity index (χ0n) is 13.2. The van der Waals surface area contributed by atoms with Gasteiger partial charge in [-0.25, -0.2) is 12.8 Å². The Kier molecular flexibility index (Phi) is 4.85. The summed E-state index contributed by atoms with van der Waals surface area (Å²) in [7, 11) is -3.37. The lowest BCUT2D eigenvalue weighted by Crippen LogP contribution is -2.24. The largest absolute Gasteiger partial charge is 0.348 e. The van der Waals surface area contributed by atoms with Crippen molar-refractivity contribution in [3.05, 3.63) is 64.5 Å². The minimum absolute atomic E-state index is 0.103. The molecule has 122 valence electrons. The molecular formula is C17H18FNO3S.